The van der Waals surface area contributed by atoms with E-state index in [0.717, 1.165) is 23.3 Å². The van der Waals surface area contributed by atoms with E-state index in [0.29, 0.717) is 18.3 Å². The number of hydrogen-bond acceptors (Lipinski definition) is 3. The minimum atomic E-state index is -0.377. The number of furan rings is 1. The van der Waals surface area contributed by atoms with Gasteiger partial charge in [0, 0.05) is 23.0 Å². The van der Waals surface area contributed by atoms with Crippen molar-refractivity contribution in [2.24, 2.45) is 17.3 Å². The zero-order chi connectivity index (χ0) is 13.1. The molecule has 3 rings (SSSR count). The third-order valence-electron chi connectivity index (χ3n) is 4.85. The van der Waals surface area contributed by atoms with Crippen LogP contribution in [0.2, 0.25) is 0 Å². The Morgan fingerprint density at radius 2 is 2.22 bits per heavy atom. The summed E-state index contributed by atoms with van der Waals surface area (Å²) in [6.45, 7) is 6.06. The molecule has 3 atom stereocenters. The molecule has 3 nitrogen and oxygen atoms in total. The van der Waals surface area contributed by atoms with Gasteiger partial charge in [0.05, 0.1) is 0 Å². The standard InChI is InChI=1S/C15H18O3/c1-8-4-5-13(16)15(3)7-12-10(6-11(8)15)9(2)14(17)18-12/h4-5,8,11,17H,6-7H2,1-3H3/t8-,11+,15-/m1/s1. The lowest BCUT2D eigenvalue weighted by atomic mass is 9.58. The third kappa shape index (κ3) is 1.33. The second-order valence-electron chi connectivity index (χ2n) is 5.92. The molecule has 1 heterocycles. The molecule has 1 aromatic rings. The molecule has 2 aliphatic carbocycles. The Morgan fingerprint density at radius 3 is 2.94 bits per heavy atom. The fraction of sp³-hybridized carbons (Fsp3) is 0.533. The van der Waals surface area contributed by atoms with Gasteiger partial charge in [-0.25, -0.2) is 0 Å². The monoisotopic (exact) mass is 246 g/mol. The minimum absolute atomic E-state index is 0.00954. The molecule has 0 saturated heterocycles. The van der Waals surface area contributed by atoms with Crippen LogP contribution in [0.4, 0.5) is 0 Å². The normalized spacial score (nSPS) is 34.3. The summed E-state index contributed by atoms with van der Waals surface area (Å²) in [6.07, 6.45) is 5.14. The van der Waals surface area contributed by atoms with Gasteiger partial charge in [0.25, 0.3) is 5.95 Å². The quantitative estimate of drug-likeness (QED) is 0.765. The summed E-state index contributed by atoms with van der Waals surface area (Å²) in [7, 11) is 0. The summed E-state index contributed by atoms with van der Waals surface area (Å²) >= 11 is 0. The van der Waals surface area contributed by atoms with E-state index in [1.807, 2.05) is 19.9 Å². The number of hydrogen-bond donors (Lipinski definition) is 1. The first-order chi connectivity index (χ1) is 8.43. The van der Waals surface area contributed by atoms with Crippen LogP contribution < -0.4 is 0 Å². The van der Waals surface area contributed by atoms with Gasteiger partial charge < -0.3 is 9.52 Å². The van der Waals surface area contributed by atoms with Crippen LogP contribution in [0.5, 0.6) is 5.95 Å². The Morgan fingerprint density at radius 1 is 1.50 bits per heavy atom. The summed E-state index contributed by atoms with van der Waals surface area (Å²) in [4.78, 5) is 12.2. The number of ketones is 1. The molecule has 1 aromatic heterocycles. The molecule has 0 bridgehead atoms. The topological polar surface area (TPSA) is 50.4 Å². The van der Waals surface area contributed by atoms with Gasteiger partial charge in [-0.2, -0.15) is 0 Å². The average Bonchev–Trinajstić information content (AvgIpc) is 2.58. The molecule has 3 heteroatoms. The van der Waals surface area contributed by atoms with E-state index in [9.17, 15) is 9.90 Å². The molecule has 0 radical (unpaired) electrons. The minimum Gasteiger partial charge on any atom is -0.481 e. The van der Waals surface area contributed by atoms with Gasteiger partial charge in [0.15, 0.2) is 5.78 Å². The number of fused-ring (bicyclic) bond motifs is 2. The van der Waals surface area contributed by atoms with E-state index in [2.05, 4.69) is 6.92 Å². The van der Waals surface area contributed by atoms with Crippen LogP contribution in [0.3, 0.4) is 0 Å². The van der Waals surface area contributed by atoms with Crippen LogP contribution >= 0.6 is 0 Å². The zero-order valence-electron chi connectivity index (χ0n) is 11.0. The fourth-order valence-corrected chi connectivity index (χ4v) is 3.51. The highest BCUT2D eigenvalue weighted by atomic mass is 16.5. The Hall–Kier alpha value is -1.51. The van der Waals surface area contributed by atoms with Crippen LogP contribution in [-0.2, 0) is 17.6 Å². The summed E-state index contributed by atoms with van der Waals surface area (Å²) in [5, 5.41) is 9.69. The Balaban J connectivity index is 2.12. The first-order valence-corrected chi connectivity index (χ1v) is 6.46. The van der Waals surface area contributed by atoms with Crippen molar-refractivity contribution in [3.05, 3.63) is 29.0 Å². The van der Waals surface area contributed by atoms with Gasteiger partial charge in [-0.1, -0.05) is 19.9 Å². The molecule has 0 amide bonds. The first-order valence-electron chi connectivity index (χ1n) is 6.46. The maximum atomic E-state index is 12.2. The highest BCUT2D eigenvalue weighted by molar-refractivity contribution is 5.96. The van der Waals surface area contributed by atoms with Gasteiger partial charge in [0.1, 0.15) is 5.76 Å². The Labute approximate surface area is 106 Å². The molecule has 0 unspecified atom stereocenters. The predicted octanol–water partition coefficient (Wildman–Crippen LogP) is 2.79. The van der Waals surface area contributed by atoms with Crippen LogP contribution in [0.25, 0.3) is 0 Å². The number of aromatic hydroxyl groups is 1. The van der Waals surface area contributed by atoms with Crippen LogP contribution in [0, 0.1) is 24.2 Å². The highest BCUT2D eigenvalue weighted by Crippen LogP contribution is 2.49. The van der Waals surface area contributed by atoms with Gasteiger partial charge in [-0.3, -0.25) is 4.79 Å². The van der Waals surface area contributed by atoms with Crippen molar-refractivity contribution >= 4 is 5.78 Å². The van der Waals surface area contributed by atoms with Crippen molar-refractivity contribution in [2.45, 2.75) is 33.6 Å². The molecular formula is C15H18O3. The number of carbonyl (C=O) groups is 1. The van der Waals surface area contributed by atoms with E-state index in [-0.39, 0.29) is 17.1 Å². The summed E-state index contributed by atoms with van der Waals surface area (Å²) in [5.74, 6) is 1.68. The molecule has 0 spiro atoms. The molecule has 0 aromatic carbocycles. The molecule has 2 aliphatic rings. The first kappa shape index (κ1) is 11.6. The highest BCUT2D eigenvalue weighted by Gasteiger charge is 2.49. The van der Waals surface area contributed by atoms with Crippen LogP contribution in [0.1, 0.15) is 30.7 Å². The second-order valence-corrected chi connectivity index (χ2v) is 5.92. The SMILES string of the molecule is Cc1c(O)oc2c1C[C@H]1[C@H](C)C=CC(=O)[C@]1(C)C2. The molecule has 0 aliphatic heterocycles. The molecule has 0 saturated carbocycles. The van der Waals surface area contributed by atoms with E-state index in [1.165, 1.54) is 0 Å². The number of allylic oxidation sites excluding steroid dienone is 2. The average molecular weight is 246 g/mol. The smallest absolute Gasteiger partial charge is 0.285 e. The molecule has 1 N–H and O–H groups in total. The van der Waals surface area contributed by atoms with Crippen molar-refractivity contribution in [2.75, 3.05) is 0 Å². The summed E-state index contributed by atoms with van der Waals surface area (Å²) in [6, 6.07) is 0. The summed E-state index contributed by atoms with van der Waals surface area (Å²) < 4.78 is 5.41. The van der Waals surface area contributed by atoms with E-state index < -0.39 is 0 Å². The predicted molar refractivity (Wildman–Crippen MR) is 67.4 cm³/mol. The summed E-state index contributed by atoms with van der Waals surface area (Å²) in [5.41, 5.74) is 1.56. The third-order valence-corrected chi connectivity index (χ3v) is 4.85. The maximum absolute atomic E-state index is 12.2. The van der Waals surface area contributed by atoms with Gasteiger partial charge >= 0.3 is 0 Å². The molecule has 0 fully saturated rings. The van der Waals surface area contributed by atoms with Crippen molar-refractivity contribution in [3.63, 3.8) is 0 Å². The van der Waals surface area contributed by atoms with E-state index in [1.54, 1.807) is 6.08 Å². The largest absolute Gasteiger partial charge is 0.481 e. The lowest BCUT2D eigenvalue weighted by molar-refractivity contribution is -0.128. The fourth-order valence-electron chi connectivity index (χ4n) is 3.51. The van der Waals surface area contributed by atoms with Crippen molar-refractivity contribution in [1.82, 2.24) is 0 Å². The molecule has 18 heavy (non-hydrogen) atoms. The Kier molecular flexibility index (Phi) is 2.25. The maximum Gasteiger partial charge on any atom is 0.285 e. The van der Waals surface area contributed by atoms with Crippen LogP contribution in [-0.4, -0.2) is 10.9 Å². The van der Waals surface area contributed by atoms with E-state index >= 15 is 0 Å². The van der Waals surface area contributed by atoms with E-state index in [4.69, 9.17) is 4.42 Å². The van der Waals surface area contributed by atoms with Crippen molar-refractivity contribution in [1.29, 1.82) is 0 Å². The van der Waals surface area contributed by atoms with Crippen molar-refractivity contribution < 1.29 is 14.3 Å². The van der Waals surface area contributed by atoms with Crippen molar-refractivity contribution in [3.8, 4) is 5.95 Å². The second kappa shape index (κ2) is 3.50. The Bertz CT molecular complexity index is 552. The lowest BCUT2D eigenvalue weighted by Gasteiger charge is -2.43. The van der Waals surface area contributed by atoms with Gasteiger partial charge in [-0.05, 0) is 31.3 Å². The van der Waals surface area contributed by atoms with Gasteiger partial charge in [-0.15, -0.1) is 0 Å². The molecular weight excluding hydrogens is 228 g/mol. The number of rotatable bonds is 0. The molecule has 96 valence electrons. The number of carbonyl (C=O) groups excluding carboxylic acids is 1. The zero-order valence-corrected chi connectivity index (χ0v) is 11.0. The van der Waals surface area contributed by atoms with Gasteiger partial charge in [0.2, 0.25) is 0 Å². The lowest BCUT2D eigenvalue weighted by Crippen LogP contribution is -2.46. The van der Waals surface area contributed by atoms with Crippen LogP contribution in [0.15, 0.2) is 16.6 Å².